The van der Waals surface area contributed by atoms with Gasteiger partial charge in [0.25, 0.3) is 0 Å². The number of hydrogen-bond donors (Lipinski definition) is 0. The van der Waals surface area contributed by atoms with Crippen LogP contribution in [0, 0.1) is 5.92 Å². The molecule has 6 rings (SSSR count). The average Bonchev–Trinajstić information content (AvgIpc) is 3.33. The van der Waals surface area contributed by atoms with Crippen LogP contribution in [0.2, 0.25) is 0 Å². The van der Waals surface area contributed by atoms with Crippen molar-refractivity contribution in [1.82, 2.24) is 0 Å². The number of nitrogens with zero attached hydrogens (tertiary/aromatic N) is 6. The molecule has 3 saturated heterocycles. The van der Waals surface area contributed by atoms with E-state index in [4.69, 9.17) is 56.8 Å². The monoisotopic (exact) mass is 974 g/mol. The van der Waals surface area contributed by atoms with Crippen LogP contribution in [0.25, 0.3) is 20.9 Å². The Hall–Kier alpha value is -6.16. The Labute approximate surface area is 404 Å². The summed E-state index contributed by atoms with van der Waals surface area (Å²) in [6, 6.07) is 25.3. The molecule has 6 unspecified atom stereocenters. The van der Waals surface area contributed by atoms with E-state index in [-0.39, 0.29) is 33.0 Å². The van der Waals surface area contributed by atoms with E-state index in [9.17, 15) is 30.2 Å². The van der Waals surface area contributed by atoms with Crippen LogP contribution in [0.15, 0.2) is 101 Å². The summed E-state index contributed by atoms with van der Waals surface area (Å²) in [5.41, 5.74) is 22.0. The van der Waals surface area contributed by atoms with Gasteiger partial charge in [0.05, 0.1) is 32.0 Å². The first-order valence-corrected chi connectivity index (χ1v) is 22.7. The van der Waals surface area contributed by atoms with Crippen molar-refractivity contribution in [1.29, 1.82) is 0 Å². The number of azide groups is 2. The minimum atomic E-state index is -1.66. The van der Waals surface area contributed by atoms with Crippen molar-refractivity contribution in [2.45, 2.75) is 147 Å². The molecule has 3 fully saturated rings. The number of benzene rings is 3. The minimum Gasteiger partial charge on any atom is -0.463 e. The highest BCUT2D eigenvalue weighted by Gasteiger charge is 2.56. The van der Waals surface area contributed by atoms with E-state index in [1.807, 2.05) is 91.0 Å². The fourth-order valence-corrected chi connectivity index (χ4v) is 8.42. The molecule has 0 spiro atoms. The molecule has 0 N–H and O–H groups in total. The second kappa shape index (κ2) is 26.2. The lowest BCUT2D eigenvalue weighted by Gasteiger charge is -2.50. The van der Waals surface area contributed by atoms with Gasteiger partial charge in [-0.2, -0.15) is 0 Å². The van der Waals surface area contributed by atoms with Crippen LogP contribution in [0.1, 0.15) is 58.2 Å². The Balaban J connectivity index is 1.40. The molecule has 70 heavy (non-hydrogen) atoms. The maximum Gasteiger partial charge on any atom is 0.305 e. The van der Waals surface area contributed by atoms with E-state index in [1.165, 1.54) is 20.8 Å². The third-order valence-electron chi connectivity index (χ3n) is 11.6. The van der Waals surface area contributed by atoms with Crippen molar-refractivity contribution in [3.05, 3.63) is 129 Å². The molecule has 3 heterocycles. The molecule has 3 aromatic carbocycles. The van der Waals surface area contributed by atoms with Gasteiger partial charge < -0.3 is 56.8 Å². The zero-order valence-corrected chi connectivity index (χ0v) is 39.6. The van der Waals surface area contributed by atoms with Crippen LogP contribution >= 0.6 is 0 Å². The quantitative estimate of drug-likeness (QED) is 0.0371. The van der Waals surface area contributed by atoms with Crippen molar-refractivity contribution in [2.24, 2.45) is 16.1 Å². The molecule has 0 saturated carbocycles. The van der Waals surface area contributed by atoms with Gasteiger partial charge in [0.15, 0.2) is 12.6 Å². The van der Waals surface area contributed by atoms with Gasteiger partial charge >= 0.3 is 23.9 Å². The molecule has 0 aliphatic carbocycles. The van der Waals surface area contributed by atoms with Crippen molar-refractivity contribution in [3.63, 3.8) is 0 Å². The van der Waals surface area contributed by atoms with Gasteiger partial charge in [0.1, 0.15) is 68.0 Å². The molecule has 3 aromatic rings. The summed E-state index contributed by atoms with van der Waals surface area (Å²) >= 11 is 0. The number of hydrogen-bond acceptors (Lipinski definition) is 18. The largest absolute Gasteiger partial charge is 0.463 e. The molecule has 0 bridgehead atoms. The second-order valence-electron chi connectivity index (χ2n) is 16.8. The lowest BCUT2D eigenvalue weighted by molar-refractivity contribution is -0.385. The number of carbonyl (C=O) groups excluding carboxylic acids is 4. The zero-order chi connectivity index (χ0) is 50.2. The van der Waals surface area contributed by atoms with E-state index < -0.39 is 116 Å². The predicted molar refractivity (Wildman–Crippen MR) is 242 cm³/mol. The topological polar surface area (TPSA) is 277 Å². The normalized spacial score (nSPS) is 30.6. The first-order valence-electron chi connectivity index (χ1n) is 22.7. The van der Waals surface area contributed by atoms with E-state index in [1.54, 1.807) is 13.8 Å². The smallest absolute Gasteiger partial charge is 0.305 e. The number of esters is 4. The number of carbonyl (C=O) groups is 4. The fraction of sp³-hybridized carbons (Fsp3) is 0.542. The zero-order valence-electron chi connectivity index (χ0n) is 39.6. The van der Waals surface area contributed by atoms with Crippen LogP contribution in [-0.4, -0.2) is 123 Å². The van der Waals surface area contributed by atoms with Crippen molar-refractivity contribution >= 4 is 23.9 Å². The molecule has 3 aliphatic heterocycles. The molecule has 15 atom stereocenters. The van der Waals surface area contributed by atoms with E-state index >= 15 is 0 Å². The van der Waals surface area contributed by atoms with Gasteiger partial charge in [-0.25, -0.2) is 0 Å². The maximum absolute atomic E-state index is 13.0. The van der Waals surface area contributed by atoms with Crippen molar-refractivity contribution < 1.29 is 76.0 Å². The van der Waals surface area contributed by atoms with Crippen LogP contribution in [0.4, 0.5) is 0 Å². The molecule has 22 heteroatoms. The van der Waals surface area contributed by atoms with Gasteiger partial charge in [-0.1, -0.05) is 108 Å². The van der Waals surface area contributed by atoms with Crippen LogP contribution < -0.4 is 0 Å². The van der Waals surface area contributed by atoms with Gasteiger partial charge in [0.2, 0.25) is 6.29 Å². The highest BCUT2D eigenvalue weighted by molar-refractivity contribution is 5.67. The number of rotatable bonds is 21. The molecule has 376 valence electrons. The molecule has 0 aromatic heterocycles. The summed E-state index contributed by atoms with van der Waals surface area (Å²) in [5, 5.41) is 8.01. The molecule has 0 amide bonds. The second-order valence-corrected chi connectivity index (χ2v) is 16.8. The van der Waals surface area contributed by atoms with Crippen LogP contribution in [0.5, 0.6) is 0 Å². The molecular formula is C48H58N6O16. The van der Waals surface area contributed by atoms with E-state index in [2.05, 4.69) is 20.1 Å². The van der Waals surface area contributed by atoms with Crippen LogP contribution in [-0.2, 0) is 95.8 Å². The predicted octanol–water partition coefficient (Wildman–Crippen LogP) is 6.32. The lowest BCUT2D eigenvalue weighted by Crippen LogP contribution is -2.65. The summed E-state index contributed by atoms with van der Waals surface area (Å²) < 4.78 is 74.9. The molecular weight excluding hydrogens is 917 g/mol. The average molecular weight is 975 g/mol. The first kappa shape index (κ1) is 53.2. The standard InChI is InChI=1S/C48H58N6O16/c1-27-40(61-22-33-16-10-7-11-17-33)45(48(66-32(6)58)70-46(27)68-42-37(26-60-30(4)56)64-28(2)38(51-53-49)44(42)65-31(5)57)69-47-39(52-54-50)43(63-24-35-20-14-9-15-21-35)41(36(67-47)25-59-29(3)55)62-23-34-18-12-8-13-19-34/h7-21,27-28,36-48H,22-26H2,1-6H3/t27-,28+,36?,37?,38+,39-,40?,41+,42+,43?,44?,45-,46-,47+,48?/m1/s1. The Morgan fingerprint density at radius 1 is 0.500 bits per heavy atom. The highest BCUT2D eigenvalue weighted by atomic mass is 16.8. The third kappa shape index (κ3) is 14.7. The van der Waals surface area contributed by atoms with E-state index in [0.29, 0.717) is 0 Å². The fourth-order valence-electron chi connectivity index (χ4n) is 8.42. The van der Waals surface area contributed by atoms with Gasteiger partial charge in [-0.3, -0.25) is 19.2 Å². The van der Waals surface area contributed by atoms with Gasteiger partial charge in [0, 0.05) is 43.4 Å². The van der Waals surface area contributed by atoms with Gasteiger partial charge in [-0.15, -0.1) is 0 Å². The van der Waals surface area contributed by atoms with Gasteiger partial charge in [-0.05, 0) is 34.7 Å². The Kier molecular flexibility index (Phi) is 19.9. The Bertz CT molecular complexity index is 2270. The Morgan fingerprint density at radius 3 is 1.44 bits per heavy atom. The van der Waals surface area contributed by atoms with Crippen LogP contribution in [0.3, 0.4) is 0 Å². The molecule has 22 nitrogen and oxygen atoms in total. The minimum absolute atomic E-state index is 0.0119. The lowest BCUT2D eigenvalue weighted by atomic mass is 9.91. The maximum atomic E-state index is 13.0. The number of ether oxygens (including phenoxy) is 12. The molecule has 0 radical (unpaired) electrons. The summed E-state index contributed by atoms with van der Waals surface area (Å²) in [4.78, 5) is 56.1. The Morgan fingerprint density at radius 2 is 0.957 bits per heavy atom. The van der Waals surface area contributed by atoms with E-state index in [0.717, 1.165) is 23.6 Å². The first-order chi connectivity index (χ1) is 33.8. The summed E-state index contributed by atoms with van der Waals surface area (Å²) in [5.74, 6) is -3.67. The SMILES string of the molecule is CC(=O)OCC1O[C@@H](O[C@H]2C(OC(C)=O)O[C@@H](O[C@H]3C(COC(C)=O)O[C@@H](C)[C@H](N=[N+]=[N-])C3OC(C)=O)[C@H](C)C2OCc2ccccc2)[C@H](N=[N+]=[N-])C(OCc2ccccc2)[C@H]1OCc1ccccc1. The van der Waals surface area contributed by atoms with Crippen molar-refractivity contribution in [2.75, 3.05) is 13.2 Å². The third-order valence-corrected chi connectivity index (χ3v) is 11.6. The summed E-state index contributed by atoms with van der Waals surface area (Å²) in [6.45, 7) is 7.45. The molecule has 3 aliphatic rings. The van der Waals surface area contributed by atoms with Crippen molar-refractivity contribution in [3.8, 4) is 0 Å². The highest BCUT2D eigenvalue weighted by Crippen LogP contribution is 2.39. The summed E-state index contributed by atoms with van der Waals surface area (Å²) in [6.07, 6.45) is -14.9. The summed E-state index contributed by atoms with van der Waals surface area (Å²) in [7, 11) is 0.